The van der Waals surface area contributed by atoms with E-state index >= 15 is 0 Å². The van der Waals surface area contributed by atoms with E-state index < -0.39 is 0 Å². The van der Waals surface area contributed by atoms with Crippen molar-refractivity contribution in [2.24, 2.45) is 0 Å². The minimum atomic E-state index is -0.291. The predicted molar refractivity (Wildman–Crippen MR) is 60.1 cm³/mol. The van der Waals surface area contributed by atoms with E-state index in [1.807, 2.05) is 11.8 Å². The molecule has 0 bridgehead atoms. The van der Waals surface area contributed by atoms with Crippen molar-refractivity contribution in [3.8, 4) is 0 Å². The summed E-state index contributed by atoms with van der Waals surface area (Å²) in [4.78, 5) is 4.44. The largest absolute Gasteiger partial charge is 0.392 e. The Bertz CT molecular complexity index is 365. The molecule has 3 heterocycles. The summed E-state index contributed by atoms with van der Waals surface area (Å²) < 4.78 is 5.26. The van der Waals surface area contributed by atoms with Crippen LogP contribution in [0.5, 0.6) is 0 Å². The third-order valence-corrected chi connectivity index (χ3v) is 4.45. The summed E-state index contributed by atoms with van der Waals surface area (Å²) in [6.07, 6.45) is 2.75. The minimum Gasteiger partial charge on any atom is -0.392 e. The van der Waals surface area contributed by atoms with Crippen LogP contribution in [0.25, 0.3) is 0 Å². The number of β-amino-alcohol motifs (C(OH)–C–C–N with tert-alkyl or cyclic N) is 1. The van der Waals surface area contributed by atoms with Gasteiger partial charge in [-0.2, -0.15) is 16.7 Å². The van der Waals surface area contributed by atoms with Gasteiger partial charge in [0.2, 0.25) is 5.89 Å². The molecule has 6 heteroatoms. The molecule has 16 heavy (non-hydrogen) atoms. The maximum atomic E-state index is 9.42. The molecule has 1 aromatic rings. The molecule has 2 fully saturated rings. The Morgan fingerprint density at radius 3 is 3.12 bits per heavy atom. The Balaban J connectivity index is 1.72. The van der Waals surface area contributed by atoms with Crippen molar-refractivity contribution in [1.82, 2.24) is 15.5 Å². The van der Waals surface area contributed by atoms with E-state index in [4.69, 9.17) is 4.52 Å². The molecule has 0 radical (unpaired) electrons. The van der Waals surface area contributed by atoms with E-state index in [0.29, 0.717) is 24.1 Å². The average molecular weight is 241 g/mol. The van der Waals surface area contributed by atoms with Crippen LogP contribution in [0.4, 0.5) is 0 Å². The molecular formula is C10H15N3O2S. The highest BCUT2D eigenvalue weighted by Crippen LogP contribution is 2.38. The smallest absolute Gasteiger partial charge is 0.243 e. The highest BCUT2D eigenvalue weighted by Gasteiger charge is 2.30. The van der Waals surface area contributed by atoms with Gasteiger partial charge in [-0.15, -0.1) is 0 Å². The number of nitrogens with zero attached hydrogens (tertiary/aromatic N) is 2. The third kappa shape index (κ3) is 1.97. The van der Waals surface area contributed by atoms with E-state index in [9.17, 15) is 5.11 Å². The van der Waals surface area contributed by atoms with E-state index in [1.165, 1.54) is 12.2 Å². The number of aliphatic hydroxyl groups excluding tert-OH is 1. The highest BCUT2D eigenvalue weighted by molar-refractivity contribution is 7.99. The fourth-order valence-electron chi connectivity index (χ4n) is 2.21. The van der Waals surface area contributed by atoms with Crippen LogP contribution in [0.15, 0.2) is 4.52 Å². The molecule has 2 aliphatic rings. The standard InChI is InChI=1S/C10H15N3O2S/c14-6-4-7(11-5-6)10-12-9(13-15-10)8-2-1-3-16-8/h6-8,11,14H,1-5H2/t6-,7-,8?/m0/s1. The van der Waals surface area contributed by atoms with Crippen molar-refractivity contribution < 1.29 is 9.63 Å². The Labute approximate surface area is 98.0 Å². The number of thioether (sulfide) groups is 1. The van der Waals surface area contributed by atoms with Crippen LogP contribution in [0.1, 0.15) is 42.3 Å². The molecule has 88 valence electrons. The average Bonchev–Trinajstić information content (AvgIpc) is 2.97. The number of aliphatic hydroxyl groups is 1. The zero-order valence-corrected chi connectivity index (χ0v) is 9.74. The maximum absolute atomic E-state index is 9.42. The van der Waals surface area contributed by atoms with Gasteiger partial charge in [-0.05, 0) is 25.0 Å². The van der Waals surface area contributed by atoms with Crippen LogP contribution in [0, 0.1) is 0 Å². The first-order valence-electron chi connectivity index (χ1n) is 5.69. The molecule has 3 rings (SSSR count). The first kappa shape index (κ1) is 10.6. The summed E-state index contributed by atoms with van der Waals surface area (Å²) in [5.41, 5.74) is 0. The second-order valence-corrected chi connectivity index (χ2v) is 5.65. The number of aromatic nitrogens is 2. The first-order chi connectivity index (χ1) is 7.83. The quantitative estimate of drug-likeness (QED) is 0.806. The van der Waals surface area contributed by atoms with Gasteiger partial charge in [0.1, 0.15) is 0 Å². The van der Waals surface area contributed by atoms with Crippen molar-refractivity contribution in [1.29, 1.82) is 0 Å². The Hall–Kier alpha value is -0.590. The predicted octanol–water partition coefficient (Wildman–Crippen LogP) is 1.03. The molecule has 1 unspecified atom stereocenters. The Kier molecular flexibility index (Phi) is 2.87. The minimum absolute atomic E-state index is 0.0302. The second-order valence-electron chi connectivity index (χ2n) is 4.34. The summed E-state index contributed by atoms with van der Waals surface area (Å²) in [6, 6.07) is 0.0302. The monoisotopic (exact) mass is 241 g/mol. The lowest BCUT2D eigenvalue weighted by Gasteiger charge is -2.02. The topological polar surface area (TPSA) is 71.2 Å². The van der Waals surface area contributed by atoms with Crippen LogP contribution < -0.4 is 5.32 Å². The molecular weight excluding hydrogens is 226 g/mol. The third-order valence-electron chi connectivity index (χ3n) is 3.08. The number of rotatable bonds is 2. The van der Waals surface area contributed by atoms with E-state index in [2.05, 4.69) is 15.5 Å². The van der Waals surface area contributed by atoms with E-state index in [0.717, 1.165) is 12.2 Å². The molecule has 0 saturated carbocycles. The van der Waals surface area contributed by atoms with Crippen molar-refractivity contribution in [2.75, 3.05) is 12.3 Å². The lowest BCUT2D eigenvalue weighted by atomic mass is 10.2. The van der Waals surface area contributed by atoms with Crippen LogP contribution >= 0.6 is 11.8 Å². The normalized spacial score (nSPS) is 34.7. The van der Waals surface area contributed by atoms with Gasteiger partial charge in [0.25, 0.3) is 0 Å². The fraction of sp³-hybridized carbons (Fsp3) is 0.800. The van der Waals surface area contributed by atoms with Crippen molar-refractivity contribution in [3.63, 3.8) is 0 Å². The molecule has 1 aromatic heterocycles. The lowest BCUT2D eigenvalue weighted by molar-refractivity contribution is 0.191. The van der Waals surface area contributed by atoms with Gasteiger partial charge in [-0.3, -0.25) is 0 Å². The molecule has 0 aromatic carbocycles. The zero-order chi connectivity index (χ0) is 11.0. The molecule has 2 saturated heterocycles. The van der Waals surface area contributed by atoms with Gasteiger partial charge in [-0.1, -0.05) is 5.16 Å². The van der Waals surface area contributed by atoms with Gasteiger partial charge in [0.05, 0.1) is 17.4 Å². The zero-order valence-electron chi connectivity index (χ0n) is 8.93. The van der Waals surface area contributed by atoms with Crippen LogP contribution in [0.3, 0.4) is 0 Å². The lowest BCUT2D eigenvalue weighted by Crippen LogP contribution is -2.15. The second kappa shape index (κ2) is 4.35. The molecule has 0 spiro atoms. The molecule has 5 nitrogen and oxygen atoms in total. The van der Waals surface area contributed by atoms with E-state index in [-0.39, 0.29) is 12.1 Å². The Morgan fingerprint density at radius 1 is 1.50 bits per heavy atom. The SMILES string of the molecule is O[C@@H]1CN[C@H](c2nc(C3CCCS3)no2)C1. The number of hydrogen-bond donors (Lipinski definition) is 2. The van der Waals surface area contributed by atoms with E-state index in [1.54, 1.807) is 0 Å². The summed E-state index contributed by atoms with van der Waals surface area (Å²) in [6.45, 7) is 0.612. The maximum Gasteiger partial charge on any atom is 0.243 e. The number of hydrogen-bond acceptors (Lipinski definition) is 6. The Morgan fingerprint density at radius 2 is 2.44 bits per heavy atom. The van der Waals surface area contributed by atoms with Gasteiger partial charge < -0.3 is 14.9 Å². The van der Waals surface area contributed by atoms with Gasteiger partial charge in [-0.25, -0.2) is 0 Å². The summed E-state index contributed by atoms with van der Waals surface area (Å²) in [5.74, 6) is 2.63. The molecule has 0 aliphatic carbocycles. The summed E-state index contributed by atoms with van der Waals surface area (Å²) in [7, 11) is 0. The van der Waals surface area contributed by atoms with Gasteiger partial charge in [0, 0.05) is 6.54 Å². The van der Waals surface area contributed by atoms with Crippen LogP contribution in [-0.2, 0) is 0 Å². The van der Waals surface area contributed by atoms with Crippen LogP contribution in [0.2, 0.25) is 0 Å². The van der Waals surface area contributed by atoms with Crippen LogP contribution in [-0.4, -0.2) is 33.6 Å². The molecule has 2 aliphatic heterocycles. The molecule has 0 amide bonds. The van der Waals surface area contributed by atoms with Crippen molar-refractivity contribution in [2.45, 2.75) is 36.7 Å². The number of nitrogens with one attached hydrogen (secondary N) is 1. The van der Waals surface area contributed by atoms with Crippen molar-refractivity contribution in [3.05, 3.63) is 11.7 Å². The van der Waals surface area contributed by atoms with Crippen molar-refractivity contribution >= 4 is 11.8 Å². The molecule has 3 atom stereocenters. The molecule has 2 N–H and O–H groups in total. The summed E-state index contributed by atoms with van der Waals surface area (Å²) >= 11 is 1.90. The highest BCUT2D eigenvalue weighted by atomic mass is 32.2. The first-order valence-corrected chi connectivity index (χ1v) is 6.74. The summed E-state index contributed by atoms with van der Waals surface area (Å²) in [5, 5.41) is 17.0. The van der Waals surface area contributed by atoms with Gasteiger partial charge >= 0.3 is 0 Å². The fourth-order valence-corrected chi connectivity index (χ4v) is 3.40. The van der Waals surface area contributed by atoms with Gasteiger partial charge in [0.15, 0.2) is 5.82 Å².